The van der Waals surface area contributed by atoms with Crippen molar-refractivity contribution in [2.75, 3.05) is 39.8 Å². The van der Waals surface area contributed by atoms with Crippen molar-refractivity contribution in [2.24, 2.45) is 0 Å². The van der Waals surface area contributed by atoms with E-state index in [0.29, 0.717) is 44.4 Å². The highest BCUT2D eigenvalue weighted by Gasteiger charge is 2.27. The number of benzene rings is 1. The molecule has 31 heavy (non-hydrogen) atoms. The minimum Gasteiger partial charge on any atom is -0.339 e. The summed E-state index contributed by atoms with van der Waals surface area (Å²) in [6, 6.07) is 12.0. The molecule has 3 aromatic rings. The molecule has 2 aromatic heterocycles. The predicted molar refractivity (Wildman–Crippen MR) is 116 cm³/mol. The Balaban J connectivity index is 1.28. The van der Waals surface area contributed by atoms with E-state index in [1.165, 1.54) is 19.2 Å². The third-order valence-corrected chi connectivity index (χ3v) is 7.79. The van der Waals surface area contributed by atoms with Crippen LogP contribution in [0.25, 0.3) is 10.7 Å². The Hall–Kier alpha value is -2.60. The molecule has 0 aliphatic carbocycles. The molecule has 1 aliphatic heterocycles. The largest absolute Gasteiger partial charge is 0.339 e. The Morgan fingerprint density at radius 1 is 1.13 bits per heavy atom. The first-order valence-electron chi connectivity index (χ1n) is 9.81. The monoisotopic (exact) mass is 461 g/mol. The minimum atomic E-state index is -3.69. The Bertz CT molecular complexity index is 1110. The van der Waals surface area contributed by atoms with Crippen LogP contribution in [0.1, 0.15) is 5.89 Å². The highest BCUT2D eigenvalue weighted by molar-refractivity contribution is 7.89. The van der Waals surface area contributed by atoms with Crippen LogP contribution < -0.4 is 0 Å². The van der Waals surface area contributed by atoms with Crippen LogP contribution in [0.5, 0.6) is 0 Å². The van der Waals surface area contributed by atoms with Gasteiger partial charge in [0, 0.05) is 33.2 Å². The summed E-state index contributed by atoms with van der Waals surface area (Å²) in [4.78, 5) is 22.0. The number of amides is 1. The van der Waals surface area contributed by atoms with Gasteiger partial charge in [-0.3, -0.25) is 9.69 Å². The van der Waals surface area contributed by atoms with Gasteiger partial charge in [0.15, 0.2) is 0 Å². The third kappa shape index (κ3) is 5.01. The van der Waals surface area contributed by atoms with Gasteiger partial charge in [0.2, 0.25) is 27.6 Å². The van der Waals surface area contributed by atoms with Crippen molar-refractivity contribution in [2.45, 2.75) is 11.4 Å². The summed E-state index contributed by atoms with van der Waals surface area (Å²) in [6.45, 7) is 2.66. The number of carbonyl (C=O) groups excluding carboxylic acids is 1. The summed E-state index contributed by atoms with van der Waals surface area (Å²) in [5.74, 6) is 0.915. The van der Waals surface area contributed by atoms with E-state index in [4.69, 9.17) is 4.52 Å². The number of hydrogen-bond donors (Lipinski definition) is 0. The fourth-order valence-electron chi connectivity index (χ4n) is 3.32. The Morgan fingerprint density at radius 2 is 1.87 bits per heavy atom. The summed E-state index contributed by atoms with van der Waals surface area (Å²) >= 11 is 1.55. The highest BCUT2D eigenvalue weighted by Crippen LogP contribution is 2.22. The maximum Gasteiger partial charge on any atom is 0.243 e. The third-order valence-electron chi connectivity index (χ3n) is 5.10. The van der Waals surface area contributed by atoms with Gasteiger partial charge in [-0.15, -0.1) is 11.3 Å². The molecule has 1 saturated heterocycles. The molecule has 3 heterocycles. The second-order valence-electron chi connectivity index (χ2n) is 7.22. The summed E-state index contributed by atoms with van der Waals surface area (Å²) in [6.07, 6.45) is 0. The first-order chi connectivity index (χ1) is 14.9. The van der Waals surface area contributed by atoms with E-state index in [9.17, 15) is 13.2 Å². The van der Waals surface area contributed by atoms with Crippen molar-refractivity contribution in [3.8, 4) is 10.7 Å². The number of sulfonamides is 1. The van der Waals surface area contributed by atoms with Crippen molar-refractivity contribution >= 4 is 27.3 Å². The maximum absolute atomic E-state index is 12.6. The molecule has 0 unspecified atom stereocenters. The van der Waals surface area contributed by atoms with E-state index >= 15 is 0 Å². The molecule has 1 aliphatic rings. The summed E-state index contributed by atoms with van der Waals surface area (Å²) in [5.41, 5.74) is 0. The van der Waals surface area contributed by atoms with E-state index in [2.05, 4.69) is 15.0 Å². The number of rotatable bonds is 7. The van der Waals surface area contributed by atoms with Crippen LogP contribution in [0.15, 0.2) is 57.3 Å². The molecule has 1 fully saturated rings. The second-order valence-corrected chi connectivity index (χ2v) is 10.2. The number of likely N-dealkylation sites (N-methyl/N-ethyl adjacent to an activating group) is 1. The zero-order valence-corrected chi connectivity index (χ0v) is 18.7. The van der Waals surface area contributed by atoms with Gasteiger partial charge < -0.3 is 9.42 Å². The quantitative estimate of drug-likeness (QED) is 0.529. The molecule has 11 heteroatoms. The molecule has 0 spiro atoms. The lowest BCUT2D eigenvalue weighted by molar-refractivity contribution is -0.133. The van der Waals surface area contributed by atoms with E-state index in [1.807, 2.05) is 17.5 Å². The fourth-order valence-corrected chi connectivity index (χ4v) is 5.11. The van der Waals surface area contributed by atoms with Crippen LogP contribution in [0.4, 0.5) is 0 Å². The Labute approximate surface area is 184 Å². The zero-order valence-electron chi connectivity index (χ0n) is 17.0. The van der Waals surface area contributed by atoms with Gasteiger partial charge in [-0.2, -0.15) is 9.29 Å². The maximum atomic E-state index is 12.6. The van der Waals surface area contributed by atoms with Crippen LogP contribution in [0, 0.1) is 0 Å². The van der Waals surface area contributed by atoms with Gasteiger partial charge in [-0.25, -0.2) is 8.42 Å². The molecule has 4 rings (SSSR count). The van der Waals surface area contributed by atoms with E-state index in [1.54, 1.807) is 34.4 Å². The number of aromatic nitrogens is 2. The van der Waals surface area contributed by atoms with E-state index in [-0.39, 0.29) is 17.3 Å². The first-order valence-corrected chi connectivity index (χ1v) is 12.1. The molecular formula is C20H23N5O4S2. The molecule has 0 radical (unpaired) electrons. The number of thiophene rings is 1. The molecule has 164 valence electrons. The fraction of sp³-hybridized carbons (Fsp3) is 0.350. The molecule has 0 atom stereocenters. The minimum absolute atomic E-state index is 0.177. The number of carbonyl (C=O) groups is 1. The highest BCUT2D eigenvalue weighted by atomic mass is 32.2. The Morgan fingerprint density at radius 3 is 2.55 bits per heavy atom. The van der Waals surface area contributed by atoms with Gasteiger partial charge in [0.25, 0.3) is 0 Å². The Kier molecular flexibility index (Phi) is 6.46. The van der Waals surface area contributed by atoms with Gasteiger partial charge >= 0.3 is 0 Å². The van der Waals surface area contributed by atoms with Crippen molar-refractivity contribution in [3.05, 3.63) is 53.7 Å². The van der Waals surface area contributed by atoms with Crippen molar-refractivity contribution < 1.29 is 17.7 Å². The summed E-state index contributed by atoms with van der Waals surface area (Å²) in [5, 5.41) is 5.98. The predicted octanol–water partition coefficient (Wildman–Crippen LogP) is 1.76. The summed E-state index contributed by atoms with van der Waals surface area (Å²) < 4.78 is 31.7. The standard InChI is InChI=1S/C20H23N5O4S2/c1-23(31(27,28)16-6-3-2-4-7-16)15-19(26)25-11-9-24(10-12-25)14-18-21-20(22-29-18)17-8-5-13-30-17/h2-8,13H,9-12,14-15H2,1H3. The van der Waals surface area contributed by atoms with Gasteiger partial charge in [0.1, 0.15) is 0 Å². The molecule has 1 aromatic carbocycles. The molecule has 9 nitrogen and oxygen atoms in total. The molecule has 0 bridgehead atoms. The lowest BCUT2D eigenvalue weighted by Gasteiger charge is -2.34. The number of hydrogen-bond acceptors (Lipinski definition) is 8. The van der Waals surface area contributed by atoms with E-state index < -0.39 is 10.0 Å². The van der Waals surface area contributed by atoms with E-state index in [0.717, 1.165) is 9.18 Å². The lowest BCUT2D eigenvalue weighted by atomic mass is 10.3. The lowest BCUT2D eigenvalue weighted by Crippen LogP contribution is -2.51. The van der Waals surface area contributed by atoms with Crippen LogP contribution in [0.3, 0.4) is 0 Å². The van der Waals surface area contributed by atoms with Crippen molar-refractivity contribution in [1.29, 1.82) is 0 Å². The molecule has 1 amide bonds. The van der Waals surface area contributed by atoms with Gasteiger partial charge in [-0.05, 0) is 23.6 Å². The average Bonchev–Trinajstić information content (AvgIpc) is 3.47. The molecular weight excluding hydrogens is 438 g/mol. The molecule has 0 N–H and O–H groups in total. The zero-order chi connectivity index (χ0) is 21.8. The SMILES string of the molecule is CN(CC(=O)N1CCN(Cc2nc(-c3cccs3)no2)CC1)S(=O)(=O)c1ccccc1. The van der Waals surface area contributed by atoms with Crippen molar-refractivity contribution in [1.82, 2.24) is 24.2 Å². The number of nitrogens with zero attached hydrogens (tertiary/aromatic N) is 5. The normalized spacial score (nSPS) is 15.5. The molecule has 0 saturated carbocycles. The smallest absolute Gasteiger partial charge is 0.243 e. The summed E-state index contributed by atoms with van der Waals surface area (Å²) in [7, 11) is -2.26. The van der Waals surface area contributed by atoms with Gasteiger partial charge in [-0.1, -0.05) is 29.4 Å². The average molecular weight is 462 g/mol. The topological polar surface area (TPSA) is 99.8 Å². The van der Waals surface area contributed by atoms with Crippen LogP contribution >= 0.6 is 11.3 Å². The van der Waals surface area contributed by atoms with Gasteiger partial charge in [0.05, 0.1) is 22.9 Å². The van der Waals surface area contributed by atoms with Crippen LogP contribution in [-0.4, -0.2) is 78.3 Å². The second kappa shape index (κ2) is 9.27. The first kappa shape index (κ1) is 21.6. The van der Waals surface area contributed by atoms with Crippen LogP contribution in [-0.2, 0) is 21.4 Å². The number of piperazine rings is 1. The van der Waals surface area contributed by atoms with Crippen LogP contribution in [0.2, 0.25) is 0 Å². The van der Waals surface area contributed by atoms with Crippen molar-refractivity contribution in [3.63, 3.8) is 0 Å².